The zero-order chi connectivity index (χ0) is 23.5. The van der Waals surface area contributed by atoms with Gasteiger partial charge in [0.25, 0.3) is 0 Å². The topological polar surface area (TPSA) is 40.5 Å². The molecule has 0 spiro atoms. The lowest BCUT2D eigenvalue weighted by atomic mass is 9.30. The minimum atomic E-state index is -0.763. The van der Waals surface area contributed by atoms with Gasteiger partial charge in [-0.2, -0.15) is 0 Å². The lowest BCUT2D eigenvalue weighted by molar-refractivity contribution is -0.313. The molecule has 2 nitrogen and oxygen atoms in total. The van der Waals surface area contributed by atoms with E-state index in [1.165, 1.54) is 38.5 Å². The van der Waals surface area contributed by atoms with E-state index in [4.69, 9.17) is 0 Å². The Morgan fingerprint density at radius 1 is 0.656 bits per heavy atom. The molecule has 2 heteroatoms. The van der Waals surface area contributed by atoms with Crippen LogP contribution in [-0.2, 0) is 0 Å². The number of hydrogen-bond acceptors (Lipinski definition) is 2. The molecule has 0 aromatic carbocycles. The summed E-state index contributed by atoms with van der Waals surface area (Å²) in [4.78, 5) is 0. The predicted molar refractivity (Wildman–Crippen MR) is 132 cm³/mol. The summed E-state index contributed by atoms with van der Waals surface area (Å²) in [5.74, 6) is 3.94. The van der Waals surface area contributed by atoms with Crippen molar-refractivity contribution in [3.05, 3.63) is 0 Å². The minimum absolute atomic E-state index is 0.0943. The van der Waals surface area contributed by atoms with Gasteiger partial charge in [-0.25, -0.2) is 0 Å². The Balaban J connectivity index is 1.56. The number of hydrogen-bond donors (Lipinski definition) is 2. The summed E-state index contributed by atoms with van der Waals surface area (Å²) in [5.41, 5.74) is -0.0934. The van der Waals surface area contributed by atoms with Gasteiger partial charge >= 0.3 is 0 Å². The summed E-state index contributed by atoms with van der Waals surface area (Å²) < 4.78 is 0. The number of aliphatic hydroxyl groups is 2. The highest BCUT2D eigenvalue weighted by molar-refractivity contribution is 5.23. The van der Waals surface area contributed by atoms with E-state index in [2.05, 4.69) is 55.4 Å². The van der Waals surface area contributed by atoms with Gasteiger partial charge in [0, 0.05) is 10.8 Å². The van der Waals surface area contributed by atoms with Gasteiger partial charge in [-0.3, -0.25) is 0 Å². The average Bonchev–Trinajstić information content (AvgIpc) is 2.72. The summed E-state index contributed by atoms with van der Waals surface area (Å²) in [6.45, 7) is 19.8. The first-order valence-corrected chi connectivity index (χ1v) is 14.1. The first kappa shape index (κ1) is 23.7. The largest absolute Gasteiger partial charge is 0.392 e. The monoisotopic (exact) mass is 444 g/mol. The molecule has 5 rings (SSSR count). The maximum absolute atomic E-state index is 12.3. The Bertz CT molecular complexity index is 775. The highest BCUT2D eigenvalue weighted by Gasteiger charge is 2.73. The van der Waals surface area contributed by atoms with Gasteiger partial charge in [0.2, 0.25) is 0 Å². The third kappa shape index (κ3) is 2.51. The lowest BCUT2D eigenvalue weighted by Gasteiger charge is -2.75. The van der Waals surface area contributed by atoms with Crippen molar-refractivity contribution in [1.82, 2.24) is 0 Å². The standard InChI is InChI=1S/C30H52O2/c1-19-11-13-26(5)15-16-27(6)21(24(26)20(19)2)9-10-22-28(27,7)17-18-30(32)25(3,4)23(31)12-14-29(22,30)8/h19-24,31-32H,9-18H2,1-8H3/t19-,20+,21-,22+,23+,24+,26-,27-,28-,29-,30-/m1/s1. The summed E-state index contributed by atoms with van der Waals surface area (Å²) >= 11 is 0. The molecule has 0 unspecified atom stereocenters. The zero-order valence-corrected chi connectivity index (χ0v) is 22.4. The number of fused-ring (bicyclic) bond motifs is 7. The van der Waals surface area contributed by atoms with Gasteiger partial charge < -0.3 is 10.2 Å². The summed E-state index contributed by atoms with van der Waals surface area (Å²) in [7, 11) is 0. The third-order valence-electron chi connectivity index (χ3n) is 14.3. The Hall–Kier alpha value is -0.0800. The van der Waals surface area contributed by atoms with E-state index in [9.17, 15) is 10.2 Å². The van der Waals surface area contributed by atoms with Gasteiger partial charge in [-0.15, -0.1) is 0 Å². The van der Waals surface area contributed by atoms with Crippen molar-refractivity contribution < 1.29 is 10.2 Å². The van der Waals surface area contributed by atoms with Crippen LogP contribution in [0.25, 0.3) is 0 Å². The minimum Gasteiger partial charge on any atom is -0.392 e. The number of aliphatic hydroxyl groups excluding tert-OH is 1. The van der Waals surface area contributed by atoms with Crippen LogP contribution in [0.5, 0.6) is 0 Å². The van der Waals surface area contributed by atoms with Crippen LogP contribution in [0, 0.1) is 56.7 Å². The van der Waals surface area contributed by atoms with Crippen LogP contribution in [0.2, 0.25) is 0 Å². The second-order valence-electron chi connectivity index (χ2n) is 15.2. The van der Waals surface area contributed by atoms with Crippen LogP contribution in [0.4, 0.5) is 0 Å². The molecule has 0 radical (unpaired) electrons. The molecule has 5 fully saturated rings. The summed E-state index contributed by atoms with van der Waals surface area (Å²) in [5, 5.41) is 23.2. The van der Waals surface area contributed by atoms with Gasteiger partial charge in [0.05, 0.1) is 11.7 Å². The Kier molecular flexibility index (Phi) is 5.01. The number of rotatable bonds is 0. The lowest BCUT2D eigenvalue weighted by Crippen LogP contribution is -2.74. The summed E-state index contributed by atoms with van der Waals surface area (Å²) in [6.07, 6.45) is 11.7. The molecule has 0 saturated heterocycles. The molecule has 0 amide bonds. The van der Waals surface area contributed by atoms with Gasteiger partial charge in [0.15, 0.2) is 0 Å². The Morgan fingerprint density at radius 2 is 1.31 bits per heavy atom. The van der Waals surface area contributed by atoms with Crippen molar-refractivity contribution in [3.63, 3.8) is 0 Å². The van der Waals surface area contributed by atoms with Crippen molar-refractivity contribution in [1.29, 1.82) is 0 Å². The van der Waals surface area contributed by atoms with Crippen LogP contribution < -0.4 is 0 Å². The van der Waals surface area contributed by atoms with Crippen molar-refractivity contribution in [2.75, 3.05) is 0 Å². The molecule has 0 aromatic heterocycles. The molecule has 0 aromatic rings. The molecular weight excluding hydrogens is 392 g/mol. The van der Waals surface area contributed by atoms with E-state index in [0.717, 1.165) is 49.4 Å². The highest BCUT2D eigenvalue weighted by atomic mass is 16.3. The second-order valence-corrected chi connectivity index (χ2v) is 15.2. The van der Waals surface area contributed by atoms with Crippen molar-refractivity contribution >= 4 is 0 Å². The molecule has 184 valence electrons. The fraction of sp³-hybridized carbons (Fsp3) is 1.00. The van der Waals surface area contributed by atoms with Gasteiger partial charge in [-0.1, -0.05) is 55.4 Å². The molecule has 5 aliphatic rings. The molecule has 0 aliphatic heterocycles. The molecule has 5 aliphatic carbocycles. The fourth-order valence-corrected chi connectivity index (χ4v) is 11.5. The first-order valence-electron chi connectivity index (χ1n) is 14.1. The van der Waals surface area contributed by atoms with Gasteiger partial charge in [0.1, 0.15) is 0 Å². The SMILES string of the molecule is C[C@@H]1[C@H]2[C@H]3CC[C@@H]4[C@@]5(C)CC[C@H](O)C(C)(C)[C@]5(O)CC[C@@]4(C)[C@]3(C)CC[C@@]2(C)CC[C@H]1C. The third-order valence-corrected chi connectivity index (χ3v) is 14.3. The van der Waals surface area contributed by atoms with E-state index < -0.39 is 17.1 Å². The first-order chi connectivity index (χ1) is 14.7. The van der Waals surface area contributed by atoms with Crippen LogP contribution in [-0.4, -0.2) is 21.9 Å². The molecule has 5 saturated carbocycles. The van der Waals surface area contributed by atoms with Crippen LogP contribution in [0.1, 0.15) is 120 Å². The summed E-state index contributed by atoms with van der Waals surface area (Å²) in [6, 6.07) is 0. The van der Waals surface area contributed by atoms with Crippen molar-refractivity contribution in [2.45, 2.75) is 131 Å². The predicted octanol–water partition coefficient (Wildman–Crippen LogP) is 7.22. The van der Waals surface area contributed by atoms with E-state index in [1.807, 2.05) is 0 Å². The molecule has 11 atom stereocenters. The Labute approximate surface area is 198 Å². The van der Waals surface area contributed by atoms with Crippen LogP contribution in [0.15, 0.2) is 0 Å². The average molecular weight is 445 g/mol. The Morgan fingerprint density at radius 3 is 2.00 bits per heavy atom. The fourth-order valence-electron chi connectivity index (χ4n) is 11.5. The van der Waals surface area contributed by atoms with E-state index in [1.54, 1.807) is 0 Å². The van der Waals surface area contributed by atoms with E-state index in [0.29, 0.717) is 16.7 Å². The second kappa shape index (κ2) is 6.77. The molecule has 2 N–H and O–H groups in total. The van der Waals surface area contributed by atoms with E-state index in [-0.39, 0.29) is 10.8 Å². The smallest absolute Gasteiger partial charge is 0.0779 e. The zero-order valence-electron chi connectivity index (χ0n) is 22.4. The van der Waals surface area contributed by atoms with E-state index >= 15 is 0 Å². The molecule has 0 bridgehead atoms. The molecular formula is C30H52O2. The van der Waals surface area contributed by atoms with Crippen LogP contribution >= 0.6 is 0 Å². The normalized spacial score (nSPS) is 61.7. The quantitative estimate of drug-likeness (QED) is 0.414. The molecule has 0 heterocycles. The van der Waals surface area contributed by atoms with Crippen LogP contribution in [0.3, 0.4) is 0 Å². The maximum Gasteiger partial charge on any atom is 0.0779 e. The van der Waals surface area contributed by atoms with Crippen molar-refractivity contribution in [2.24, 2.45) is 56.7 Å². The highest BCUT2D eigenvalue weighted by Crippen LogP contribution is 2.77. The van der Waals surface area contributed by atoms with Gasteiger partial charge in [-0.05, 0) is 110 Å². The maximum atomic E-state index is 12.3. The molecule has 32 heavy (non-hydrogen) atoms. The van der Waals surface area contributed by atoms with Crippen molar-refractivity contribution in [3.8, 4) is 0 Å².